The fraction of sp³-hybridized carbons (Fsp3) is 0.125. The topological polar surface area (TPSA) is 35.8 Å². The highest BCUT2D eigenvalue weighted by Crippen LogP contribution is 2.02. The maximum Gasteiger partial charge on any atom is 0.466 e. The highest BCUT2D eigenvalue weighted by Gasteiger charge is 2.25. The van der Waals surface area contributed by atoms with Crippen molar-refractivity contribution in [2.45, 2.75) is 0 Å². The second-order valence-corrected chi connectivity index (χ2v) is 2.82. The van der Waals surface area contributed by atoms with Gasteiger partial charge in [0.2, 0.25) is 0 Å². The second-order valence-electron chi connectivity index (χ2n) is 2.82. The molecule has 0 bridgehead atoms. The molecule has 0 spiro atoms. The van der Waals surface area contributed by atoms with E-state index < -0.39 is 7.05 Å². The minimum atomic E-state index is -0.605. The molecule has 0 atom stereocenters. The van der Waals surface area contributed by atoms with Gasteiger partial charge in [0.25, 0.3) is 0 Å². The van der Waals surface area contributed by atoms with Crippen molar-refractivity contribution in [3.05, 3.63) is 29.8 Å². The maximum atomic E-state index is 9.64. The predicted octanol–water partition coefficient (Wildman–Crippen LogP) is -0.347. The summed E-state index contributed by atoms with van der Waals surface area (Å²) in [6, 6.07) is 7.69. The number of rotatable bonds is 0. The quantitative estimate of drug-likeness (QED) is 0.526. The third-order valence-corrected chi connectivity index (χ3v) is 2.01. The van der Waals surface area contributed by atoms with Gasteiger partial charge in [0.05, 0.1) is 6.21 Å². The van der Waals surface area contributed by atoms with Gasteiger partial charge in [0, 0.05) is 7.05 Å². The summed E-state index contributed by atoms with van der Waals surface area (Å²) in [4.78, 5) is 1.53. The van der Waals surface area contributed by atoms with Crippen LogP contribution in [0.5, 0.6) is 0 Å². The Kier molecular flexibility index (Phi) is 1.62. The van der Waals surface area contributed by atoms with Crippen LogP contribution in [0.1, 0.15) is 5.56 Å². The van der Waals surface area contributed by atoms with E-state index >= 15 is 0 Å². The van der Waals surface area contributed by atoms with Crippen molar-refractivity contribution in [2.75, 3.05) is 7.05 Å². The summed E-state index contributed by atoms with van der Waals surface area (Å²) in [7, 11) is 1.14. The van der Waals surface area contributed by atoms with Gasteiger partial charge in [-0.1, -0.05) is 24.3 Å². The number of nitrogens with zero attached hydrogens (tertiary/aromatic N) is 2. The fourth-order valence-electron chi connectivity index (χ4n) is 1.28. The first-order valence-corrected chi connectivity index (χ1v) is 3.83. The van der Waals surface area contributed by atoms with Crippen molar-refractivity contribution in [2.24, 2.45) is 5.10 Å². The predicted molar refractivity (Wildman–Crippen MR) is 49.4 cm³/mol. The lowest BCUT2D eigenvalue weighted by Gasteiger charge is -2.21. The zero-order chi connectivity index (χ0) is 8.55. The van der Waals surface area contributed by atoms with E-state index in [1.807, 2.05) is 24.3 Å². The molecule has 1 aromatic rings. The van der Waals surface area contributed by atoms with Crippen molar-refractivity contribution in [1.29, 1.82) is 0 Å². The van der Waals surface area contributed by atoms with Gasteiger partial charge in [0.15, 0.2) is 0 Å². The normalized spacial score (nSPS) is 14.8. The van der Waals surface area contributed by atoms with E-state index in [-0.39, 0.29) is 0 Å². The zero-order valence-electron chi connectivity index (χ0n) is 6.81. The summed E-state index contributed by atoms with van der Waals surface area (Å²) in [5.41, 5.74) is 1.90. The first-order valence-electron chi connectivity index (χ1n) is 3.83. The molecule has 1 N–H and O–H groups in total. The van der Waals surface area contributed by atoms with Crippen molar-refractivity contribution in [1.82, 2.24) is 4.92 Å². The molecular weight excluding hydrogens is 151 g/mol. The Morgan fingerprint density at radius 1 is 1.42 bits per heavy atom. The van der Waals surface area contributed by atoms with Crippen molar-refractivity contribution in [3.8, 4) is 0 Å². The van der Waals surface area contributed by atoms with Crippen LogP contribution in [0.15, 0.2) is 29.4 Å². The molecule has 1 aliphatic rings. The summed E-state index contributed by atoms with van der Waals surface area (Å²) in [5, 5.41) is 13.7. The Bertz CT molecular complexity index is 327. The highest BCUT2D eigenvalue weighted by atomic mass is 16.2. The van der Waals surface area contributed by atoms with Gasteiger partial charge in [0.1, 0.15) is 0 Å². The molecule has 12 heavy (non-hydrogen) atoms. The Labute approximate surface area is 71.5 Å². The Hall–Kier alpha value is -1.29. The molecule has 0 amide bonds. The molecule has 0 aromatic heterocycles. The van der Waals surface area contributed by atoms with Crippen LogP contribution in [0.25, 0.3) is 0 Å². The van der Waals surface area contributed by atoms with E-state index in [0.29, 0.717) is 0 Å². The van der Waals surface area contributed by atoms with Gasteiger partial charge in [-0.2, -0.15) is 5.10 Å². The molecular formula is C8H9BN2O. The summed E-state index contributed by atoms with van der Waals surface area (Å²) < 4.78 is 0. The number of hydrazone groups is 1. The first kappa shape index (κ1) is 7.37. The smallest absolute Gasteiger partial charge is 0.428 e. The molecule has 0 aliphatic carbocycles. The second kappa shape index (κ2) is 2.64. The van der Waals surface area contributed by atoms with Crippen LogP contribution in [-0.2, 0) is 0 Å². The molecule has 0 unspecified atom stereocenters. The van der Waals surface area contributed by atoms with E-state index in [9.17, 15) is 5.02 Å². The molecule has 60 valence electrons. The third-order valence-electron chi connectivity index (χ3n) is 2.01. The molecule has 1 aliphatic heterocycles. The number of fused-ring (bicyclic) bond motifs is 1. The summed E-state index contributed by atoms with van der Waals surface area (Å²) in [6.45, 7) is 0. The van der Waals surface area contributed by atoms with E-state index in [0.717, 1.165) is 11.0 Å². The van der Waals surface area contributed by atoms with E-state index in [4.69, 9.17) is 0 Å². The van der Waals surface area contributed by atoms with E-state index in [1.54, 1.807) is 13.3 Å². The van der Waals surface area contributed by atoms with Gasteiger partial charge in [-0.15, -0.1) is 0 Å². The molecule has 0 saturated heterocycles. The van der Waals surface area contributed by atoms with Crippen LogP contribution in [-0.4, -0.2) is 30.3 Å². The van der Waals surface area contributed by atoms with Crippen LogP contribution in [0.3, 0.4) is 0 Å². The molecule has 2 rings (SSSR count). The molecule has 0 fully saturated rings. The average Bonchev–Trinajstić information content (AvgIpc) is 2.12. The number of hydrogen-bond acceptors (Lipinski definition) is 3. The molecule has 1 aromatic carbocycles. The molecule has 1 heterocycles. The lowest BCUT2D eigenvalue weighted by Crippen LogP contribution is -2.47. The standard InChI is InChI=1S/C8H9BN2O/c1-11-9(12)8-5-3-2-4-7(8)6-10-11/h2-6,12H,1H3. The first-order chi connectivity index (χ1) is 5.79. The van der Waals surface area contributed by atoms with Crippen LogP contribution in [0.4, 0.5) is 0 Å². The summed E-state index contributed by atoms with van der Waals surface area (Å²) >= 11 is 0. The monoisotopic (exact) mass is 160 g/mol. The van der Waals surface area contributed by atoms with Crippen LogP contribution in [0.2, 0.25) is 0 Å². The molecule has 3 nitrogen and oxygen atoms in total. The van der Waals surface area contributed by atoms with E-state index in [2.05, 4.69) is 5.10 Å². The average molecular weight is 160 g/mol. The fourth-order valence-corrected chi connectivity index (χ4v) is 1.28. The Balaban J connectivity index is 2.52. The number of benzene rings is 1. The van der Waals surface area contributed by atoms with Gasteiger partial charge in [-0.05, 0) is 11.0 Å². The summed E-state index contributed by atoms with van der Waals surface area (Å²) in [5.74, 6) is 0. The van der Waals surface area contributed by atoms with Crippen molar-refractivity contribution >= 4 is 18.7 Å². The Morgan fingerprint density at radius 2 is 2.17 bits per heavy atom. The van der Waals surface area contributed by atoms with Gasteiger partial charge in [-0.25, -0.2) is 0 Å². The molecule has 0 radical (unpaired) electrons. The van der Waals surface area contributed by atoms with Gasteiger partial charge >= 0.3 is 7.05 Å². The lowest BCUT2D eigenvalue weighted by molar-refractivity contribution is 0.442. The summed E-state index contributed by atoms with van der Waals surface area (Å²) in [6.07, 6.45) is 1.75. The minimum Gasteiger partial charge on any atom is -0.428 e. The maximum absolute atomic E-state index is 9.64. The van der Waals surface area contributed by atoms with Crippen molar-refractivity contribution < 1.29 is 5.02 Å². The van der Waals surface area contributed by atoms with Crippen LogP contribution >= 0.6 is 0 Å². The zero-order valence-corrected chi connectivity index (χ0v) is 6.81. The largest absolute Gasteiger partial charge is 0.466 e. The number of hydrogen-bond donors (Lipinski definition) is 1. The molecule has 0 saturated carbocycles. The minimum absolute atomic E-state index is 0.605. The van der Waals surface area contributed by atoms with Gasteiger partial charge < -0.3 is 9.94 Å². The highest BCUT2D eigenvalue weighted by molar-refractivity contribution is 6.65. The van der Waals surface area contributed by atoms with Crippen molar-refractivity contribution in [3.63, 3.8) is 0 Å². The van der Waals surface area contributed by atoms with Crippen LogP contribution < -0.4 is 5.46 Å². The SMILES string of the molecule is CN1N=Cc2ccccc2B1O. The lowest BCUT2D eigenvalue weighted by atomic mass is 9.70. The van der Waals surface area contributed by atoms with Crippen LogP contribution in [0, 0.1) is 0 Å². The Morgan fingerprint density at radius 3 is 3.00 bits per heavy atom. The third kappa shape index (κ3) is 1.01. The van der Waals surface area contributed by atoms with E-state index in [1.165, 1.54) is 4.92 Å². The van der Waals surface area contributed by atoms with Gasteiger partial charge in [-0.3, -0.25) is 0 Å². The molecule has 4 heteroatoms.